The monoisotopic (exact) mass is 406 g/mol. The summed E-state index contributed by atoms with van der Waals surface area (Å²) in [6.45, 7) is 0.273. The van der Waals surface area contributed by atoms with Crippen LogP contribution in [0.25, 0.3) is 0 Å². The lowest BCUT2D eigenvalue weighted by Gasteiger charge is -2.36. The fourth-order valence-electron chi connectivity index (χ4n) is 3.93. The van der Waals surface area contributed by atoms with Crippen LogP contribution in [0, 0.1) is 0 Å². The first-order chi connectivity index (χ1) is 14.5. The molecule has 30 heavy (non-hydrogen) atoms. The predicted octanol–water partition coefficient (Wildman–Crippen LogP) is 0.827. The van der Waals surface area contributed by atoms with Crippen molar-refractivity contribution in [1.82, 2.24) is 15.5 Å². The van der Waals surface area contributed by atoms with E-state index < -0.39 is 23.9 Å². The summed E-state index contributed by atoms with van der Waals surface area (Å²) in [6, 6.07) is 12.6. The summed E-state index contributed by atoms with van der Waals surface area (Å²) < 4.78 is 0. The van der Waals surface area contributed by atoms with Crippen molar-refractivity contribution >= 4 is 29.3 Å². The molecule has 2 aliphatic rings. The third-order valence-electron chi connectivity index (χ3n) is 5.55. The molecule has 0 spiro atoms. The number of hydrogen-bond acceptors (Lipinski definition) is 4. The largest absolute Gasteiger partial charge is 0.357 e. The zero-order valence-electron chi connectivity index (χ0n) is 16.5. The van der Waals surface area contributed by atoms with Crippen LogP contribution < -0.4 is 16.0 Å². The highest BCUT2D eigenvalue weighted by Crippen LogP contribution is 2.25. The van der Waals surface area contributed by atoms with Crippen LogP contribution >= 0.6 is 0 Å². The van der Waals surface area contributed by atoms with Gasteiger partial charge in [0.2, 0.25) is 17.7 Å². The highest BCUT2D eigenvalue weighted by atomic mass is 16.2. The molecule has 4 amide bonds. The van der Waals surface area contributed by atoms with Crippen LogP contribution in [0.5, 0.6) is 0 Å². The minimum atomic E-state index is -1.03. The van der Waals surface area contributed by atoms with Gasteiger partial charge in [-0.2, -0.15) is 0 Å². The van der Waals surface area contributed by atoms with Gasteiger partial charge in [-0.25, -0.2) is 0 Å². The first-order valence-corrected chi connectivity index (χ1v) is 9.76. The maximum Gasteiger partial charge on any atom is 0.254 e. The molecule has 154 valence electrons. The molecule has 2 aromatic carbocycles. The highest BCUT2D eigenvalue weighted by molar-refractivity contribution is 6.10. The van der Waals surface area contributed by atoms with Crippen molar-refractivity contribution in [1.29, 1.82) is 0 Å². The molecule has 0 aliphatic carbocycles. The molecule has 2 heterocycles. The van der Waals surface area contributed by atoms with Crippen LogP contribution in [0.2, 0.25) is 0 Å². The van der Waals surface area contributed by atoms with Gasteiger partial charge < -0.3 is 20.9 Å². The molecular weight excluding hydrogens is 384 g/mol. The third-order valence-corrected chi connectivity index (χ3v) is 5.55. The number of hydrogen-bond donors (Lipinski definition) is 3. The molecule has 8 heteroatoms. The smallest absolute Gasteiger partial charge is 0.254 e. The minimum Gasteiger partial charge on any atom is -0.357 e. The fourth-order valence-corrected chi connectivity index (χ4v) is 3.93. The van der Waals surface area contributed by atoms with Gasteiger partial charge in [0.1, 0.15) is 12.1 Å². The lowest BCUT2D eigenvalue weighted by Crippen LogP contribution is -2.54. The van der Waals surface area contributed by atoms with Crippen LogP contribution in [-0.2, 0) is 27.3 Å². The fraction of sp³-hybridized carbons (Fsp3) is 0.273. The number of likely N-dealkylation sites (N-methyl/N-ethyl adjacent to an activating group) is 1. The molecule has 2 aliphatic heterocycles. The second-order valence-electron chi connectivity index (χ2n) is 7.39. The number of nitrogens with zero attached hydrogens (tertiary/aromatic N) is 1. The van der Waals surface area contributed by atoms with E-state index in [2.05, 4.69) is 16.0 Å². The van der Waals surface area contributed by atoms with E-state index >= 15 is 0 Å². The Morgan fingerprint density at radius 3 is 2.53 bits per heavy atom. The third kappa shape index (κ3) is 3.63. The van der Waals surface area contributed by atoms with Crippen LogP contribution in [0.4, 0.5) is 5.69 Å². The number of benzene rings is 2. The number of anilines is 1. The van der Waals surface area contributed by atoms with E-state index in [4.69, 9.17) is 0 Å². The molecule has 3 N–H and O–H groups in total. The van der Waals surface area contributed by atoms with Crippen molar-refractivity contribution in [3.05, 3.63) is 65.2 Å². The van der Waals surface area contributed by atoms with Gasteiger partial charge in [0.15, 0.2) is 0 Å². The van der Waals surface area contributed by atoms with Crippen molar-refractivity contribution in [2.75, 3.05) is 12.4 Å². The number of nitrogens with one attached hydrogen (secondary N) is 3. The summed E-state index contributed by atoms with van der Waals surface area (Å²) in [6.07, 6.45) is 0.164. The van der Waals surface area contributed by atoms with Gasteiger partial charge in [0, 0.05) is 20.0 Å². The summed E-state index contributed by atoms with van der Waals surface area (Å²) in [4.78, 5) is 52.2. The van der Waals surface area contributed by atoms with E-state index in [0.717, 1.165) is 11.1 Å². The zero-order valence-corrected chi connectivity index (χ0v) is 16.5. The summed E-state index contributed by atoms with van der Waals surface area (Å²) in [5.74, 6) is -1.52. The van der Waals surface area contributed by atoms with Crippen LogP contribution in [0.15, 0.2) is 48.5 Å². The maximum atomic E-state index is 13.2. The lowest BCUT2D eigenvalue weighted by atomic mass is 9.93. The van der Waals surface area contributed by atoms with Crippen molar-refractivity contribution in [3.8, 4) is 0 Å². The number of rotatable bonds is 3. The van der Waals surface area contributed by atoms with Crippen molar-refractivity contribution in [2.45, 2.75) is 31.5 Å². The molecule has 0 fully saturated rings. The second kappa shape index (κ2) is 7.98. The number of carbonyl (C=O) groups is 4. The Kier molecular flexibility index (Phi) is 5.22. The predicted molar refractivity (Wildman–Crippen MR) is 109 cm³/mol. The molecule has 0 saturated carbocycles. The Morgan fingerprint density at radius 2 is 1.77 bits per heavy atom. The Hall–Kier alpha value is -3.68. The van der Waals surface area contributed by atoms with Gasteiger partial charge in [0.05, 0.1) is 17.7 Å². The first kappa shape index (κ1) is 19.6. The molecule has 0 bridgehead atoms. The van der Waals surface area contributed by atoms with Gasteiger partial charge in [-0.15, -0.1) is 0 Å². The van der Waals surface area contributed by atoms with Crippen LogP contribution in [0.1, 0.15) is 27.9 Å². The van der Waals surface area contributed by atoms with Crippen molar-refractivity contribution in [2.24, 2.45) is 0 Å². The standard InChI is InChI=1S/C22H22N4O4/c1-23-22(30)18-10-13-6-2-3-7-14(13)12-26(18)19(27)11-17-21(29)24-16-9-5-4-8-15(16)20(28)25-17/h2-9,17-18H,10-12H2,1H3,(H,23,30)(H,24,29)(H,25,28). The Morgan fingerprint density at radius 1 is 1.07 bits per heavy atom. The molecular formula is C22H22N4O4. The van der Waals surface area contributed by atoms with Crippen LogP contribution in [-0.4, -0.2) is 47.7 Å². The normalized spacial score (nSPS) is 20.2. The molecule has 2 aromatic rings. The molecule has 0 aromatic heterocycles. The molecule has 2 atom stereocenters. The lowest BCUT2D eigenvalue weighted by molar-refractivity contribution is -0.142. The van der Waals surface area contributed by atoms with Gasteiger partial charge in [-0.3, -0.25) is 19.2 Å². The molecule has 0 saturated heterocycles. The summed E-state index contributed by atoms with van der Waals surface area (Å²) >= 11 is 0. The van der Waals surface area contributed by atoms with E-state index in [1.54, 1.807) is 24.3 Å². The minimum absolute atomic E-state index is 0.235. The number of carbonyl (C=O) groups excluding carboxylic acids is 4. The maximum absolute atomic E-state index is 13.2. The van der Waals surface area contributed by atoms with Gasteiger partial charge in [0.25, 0.3) is 5.91 Å². The number of amides is 4. The van der Waals surface area contributed by atoms with E-state index in [1.807, 2.05) is 24.3 Å². The number of para-hydroxylation sites is 1. The van der Waals surface area contributed by atoms with Gasteiger partial charge in [-0.1, -0.05) is 36.4 Å². The Bertz CT molecular complexity index is 1040. The van der Waals surface area contributed by atoms with E-state index in [0.29, 0.717) is 17.7 Å². The SMILES string of the molecule is CNC(=O)C1Cc2ccccc2CN1C(=O)CC1NC(=O)c2ccccc2NC1=O. The Labute approximate surface area is 173 Å². The first-order valence-electron chi connectivity index (χ1n) is 9.76. The topological polar surface area (TPSA) is 108 Å². The van der Waals surface area contributed by atoms with Gasteiger partial charge >= 0.3 is 0 Å². The quantitative estimate of drug-likeness (QED) is 0.702. The molecule has 4 rings (SSSR count). The summed E-state index contributed by atoms with van der Waals surface area (Å²) in [5.41, 5.74) is 2.74. The highest BCUT2D eigenvalue weighted by Gasteiger charge is 2.37. The van der Waals surface area contributed by atoms with E-state index in [1.165, 1.54) is 11.9 Å². The van der Waals surface area contributed by atoms with E-state index in [-0.39, 0.29) is 24.8 Å². The summed E-state index contributed by atoms with van der Waals surface area (Å²) in [7, 11) is 1.53. The van der Waals surface area contributed by atoms with Crippen LogP contribution in [0.3, 0.4) is 0 Å². The zero-order chi connectivity index (χ0) is 21.3. The van der Waals surface area contributed by atoms with E-state index in [9.17, 15) is 19.2 Å². The molecule has 0 radical (unpaired) electrons. The summed E-state index contributed by atoms with van der Waals surface area (Å²) in [5, 5.41) is 7.94. The second-order valence-corrected chi connectivity index (χ2v) is 7.39. The molecule has 8 nitrogen and oxygen atoms in total. The van der Waals surface area contributed by atoms with Crippen molar-refractivity contribution < 1.29 is 19.2 Å². The van der Waals surface area contributed by atoms with Gasteiger partial charge in [-0.05, 0) is 23.3 Å². The average molecular weight is 406 g/mol. The average Bonchev–Trinajstić information content (AvgIpc) is 2.88. The Balaban J connectivity index is 1.55. The molecule has 2 unspecified atom stereocenters. The van der Waals surface area contributed by atoms with Crippen molar-refractivity contribution in [3.63, 3.8) is 0 Å². The number of fused-ring (bicyclic) bond motifs is 2.